The maximum absolute atomic E-state index is 14.5. The molecule has 2 amide bonds. The van der Waals surface area contributed by atoms with Gasteiger partial charge in [-0.2, -0.15) is 0 Å². The summed E-state index contributed by atoms with van der Waals surface area (Å²) < 4.78 is 9.90. The number of anilines is 1. The van der Waals surface area contributed by atoms with Crippen molar-refractivity contribution in [2.45, 2.75) is 48.8 Å². The molecule has 0 aliphatic carbocycles. The minimum Gasteiger partial charge on any atom is -0.497 e. The number of esters is 1. The average molecular weight is 529 g/mol. The fraction of sp³-hybridized carbons (Fsp3) is 0.536. The molecule has 0 saturated carbocycles. The van der Waals surface area contributed by atoms with Gasteiger partial charge in [0.05, 0.1) is 36.3 Å². The molecule has 3 aliphatic rings. The van der Waals surface area contributed by atoms with Gasteiger partial charge in [-0.05, 0) is 43.0 Å². The summed E-state index contributed by atoms with van der Waals surface area (Å²) >= 11 is 1.58. The third kappa shape index (κ3) is 4.26. The van der Waals surface area contributed by atoms with Crippen LogP contribution in [0.2, 0.25) is 0 Å². The quantitative estimate of drug-likeness (QED) is 0.348. The average Bonchev–Trinajstić information content (AvgIpc) is 3.50. The van der Waals surface area contributed by atoms with Crippen LogP contribution in [-0.2, 0) is 19.1 Å². The van der Waals surface area contributed by atoms with Crippen LogP contribution in [0.15, 0.2) is 49.6 Å². The summed E-state index contributed by atoms with van der Waals surface area (Å²) in [5, 5.41) is 10.1. The van der Waals surface area contributed by atoms with Gasteiger partial charge in [-0.3, -0.25) is 14.4 Å². The van der Waals surface area contributed by atoms with Gasteiger partial charge < -0.3 is 24.4 Å². The maximum atomic E-state index is 14.5. The fourth-order valence-corrected chi connectivity index (χ4v) is 8.80. The fourth-order valence-electron chi connectivity index (χ4n) is 6.41. The number of carbonyl (C=O) groups is 3. The standard InChI is InChI=1S/C28H36N2O6S/c1-6-13-29(19-9-11-20(35-5)12-10-19)26(33)24-28-17(4)15-21(37-28)22(27(34)36-14-7-2)23(28)25(32)30(24)18(8-3)16-31/h6-7,9-12,17-18,21-24,31H,1-2,8,13-16H2,3-5H3/t17?,18-,21-,22+,23-,24?,28?/m0/s1. The van der Waals surface area contributed by atoms with Crippen molar-refractivity contribution in [2.24, 2.45) is 17.8 Å². The van der Waals surface area contributed by atoms with Crippen LogP contribution in [0.3, 0.4) is 0 Å². The van der Waals surface area contributed by atoms with E-state index in [0.717, 1.165) is 0 Å². The first kappa shape index (κ1) is 27.3. The Bertz CT molecular complexity index is 1060. The van der Waals surface area contributed by atoms with Crippen molar-refractivity contribution in [3.63, 3.8) is 0 Å². The molecule has 3 aliphatic heterocycles. The lowest BCUT2D eigenvalue weighted by Gasteiger charge is -2.42. The van der Waals surface area contributed by atoms with Gasteiger partial charge >= 0.3 is 5.97 Å². The Morgan fingerprint density at radius 3 is 2.57 bits per heavy atom. The van der Waals surface area contributed by atoms with Crippen LogP contribution in [0.25, 0.3) is 0 Å². The van der Waals surface area contributed by atoms with E-state index in [9.17, 15) is 19.5 Å². The number of fused-ring (bicyclic) bond motifs is 1. The molecule has 3 heterocycles. The van der Waals surface area contributed by atoms with Crippen molar-refractivity contribution in [3.05, 3.63) is 49.6 Å². The second kappa shape index (κ2) is 10.9. The van der Waals surface area contributed by atoms with Gasteiger partial charge in [-0.1, -0.05) is 32.6 Å². The van der Waals surface area contributed by atoms with Gasteiger partial charge in [0.2, 0.25) is 5.91 Å². The Labute approximate surface area is 222 Å². The molecule has 4 rings (SSSR count). The number of hydrogen-bond acceptors (Lipinski definition) is 7. The number of likely N-dealkylation sites (tertiary alicyclic amines) is 1. The maximum Gasteiger partial charge on any atom is 0.311 e. The first-order chi connectivity index (χ1) is 17.8. The van der Waals surface area contributed by atoms with Crippen LogP contribution in [-0.4, -0.2) is 76.7 Å². The molecule has 0 aromatic heterocycles. The highest BCUT2D eigenvalue weighted by Gasteiger charge is 2.77. The predicted octanol–water partition coefficient (Wildman–Crippen LogP) is 3.05. The molecule has 200 valence electrons. The number of aliphatic hydroxyl groups excluding tert-OH is 1. The molecule has 3 fully saturated rings. The molecule has 1 spiro atoms. The first-order valence-corrected chi connectivity index (χ1v) is 13.6. The lowest BCUT2D eigenvalue weighted by atomic mass is 9.66. The number of methoxy groups -OCH3 is 1. The second-order valence-corrected chi connectivity index (χ2v) is 11.4. The summed E-state index contributed by atoms with van der Waals surface area (Å²) in [5.41, 5.74) is 0.655. The molecule has 37 heavy (non-hydrogen) atoms. The minimum atomic E-state index is -0.841. The Morgan fingerprint density at radius 2 is 2.00 bits per heavy atom. The molecule has 3 unspecified atom stereocenters. The second-order valence-electron chi connectivity index (χ2n) is 9.90. The van der Waals surface area contributed by atoms with E-state index in [4.69, 9.17) is 9.47 Å². The molecular weight excluding hydrogens is 492 g/mol. The lowest BCUT2D eigenvalue weighted by molar-refractivity contribution is -0.154. The van der Waals surface area contributed by atoms with E-state index < -0.39 is 34.6 Å². The molecule has 2 bridgehead atoms. The zero-order valence-corrected chi connectivity index (χ0v) is 22.5. The highest BCUT2D eigenvalue weighted by molar-refractivity contribution is 8.02. The summed E-state index contributed by atoms with van der Waals surface area (Å²) in [7, 11) is 1.58. The Balaban J connectivity index is 1.82. The highest BCUT2D eigenvalue weighted by atomic mass is 32.2. The van der Waals surface area contributed by atoms with Crippen LogP contribution < -0.4 is 9.64 Å². The number of nitrogens with zero attached hydrogens (tertiary/aromatic N) is 2. The topological polar surface area (TPSA) is 96.4 Å². The van der Waals surface area contributed by atoms with Crippen LogP contribution >= 0.6 is 11.8 Å². The van der Waals surface area contributed by atoms with Gasteiger partial charge in [0, 0.05) is 17.5 Å². The summed E-state index contributed by atoms with van der Waals surface area (Å²) in [6.07, 6.45) is 4.35. The summed E-state index contributed by atoms with van der Waals surface area (Å²) in [6, 6.07) is 5.79. The smallest absolute Gasteiger partial charge is 0.311 e. The number of carbonyl (C=O) groups excluding carboxylic acids is 3. The van der Waals surface area contributed by atoms with Crippen molar-refractivity contribution < 1.29 is 29.0 Å². The van der Waals surface area contributed by atoms with Gasteiger partial charge in [0.15, 0.2) is 0 Å². The molecule has 1 aromatic carbocycles. The number of benzene rings is 1. The summed E-state index contributed by atoms with van der Waals surface area (Å²) in [4.78, 5) is 45.1. The SMILES string of the molecule is C=CCOC(=O)[C@@H]1[C@@H]2CC(C)C3(S2)C(C(=O)N(CC=C)c2ccc(OC)cc2)N([C@@H](CC)CO)C(=O)[C@H]13. The zero-order chi connectivity index (χ0) is 26.9. The zero-order valence-electron chi connectivity index (χ0n) is 21.7. The number of amides is 2. The normalized spacial score (nSPS) is 30.5. The van der Waals surface area contributed by atoms with E-state index in [2.05, 4.69) is 20.1 Å². The Hall–Kier alpha value is -2.78. The molecule has 3 saturated heterocycles. The van der Waals surface area contributed by atoms with E-state index in [1.54, 1.807) is 59.0 Å². The molecule has 7 atom stereocenters. The number of rotatable bonds is 11. The van der Waals surface area contributed by atoms with Crippen LogP contribution in [0, 0.1) is 17.8 Å². The monoisotopic (exact) mass is 528 g/mol. The molecule has 8 nitrogen and oxygen atoms in total. The van der Waals surface area contributed by atoms with E-state index >= 15 is 0 Å². The van der Waals surface area contributed by atoms with Gasteiger partial charge in [0.1, 0.15) is 18.4 Å². The van der Waals surface area contributed by atoms with Crippen molar-refractivity contribution >= 4 is 35.2 Å². The lowest BCUT2D eigenvalue weighted by Crippen LogP contribution is -2.59. The van der Waals surface area contributed by atoms with Crippen LogP contribution in [0.5, 0.6) is 5.75 Å². The number of thioether (sulfide) groups is 1. The summed E-state index contributed by atoms with van der Waals surface area (Å²) in [6.45, 7) is 11.5. The van der Waals surface area contributed by atoms with Gasteiger partial charge in [0.25, 0.3) is 5.91 Å². The Kier molecular flexibility index (Phi) is 8.04. The number of ether oxygens (including phenoxy) is 2. The number of hydrogen-bond donors (Lipinski definition) is 1. The van der Waals surface area contributed by atoms with E-state index in [-0.39, 0.29) is 42.7 Å². The van der Waals surface area contributed by atoms with Gasteiger partial charge in [-0.25, -0.2) is 0 Å². The third-order valence-electron chi connectivity index (χ3n) is 8.07. The summed E-state index contributed by atoms with van der Waals surface area (Å²) in [5.74, 6) is -1.58. The molecule has 1 aromatic rings. The van der Waals surface area contributed by atoms with Crippen molar-refractivity contribution in [3.8, 4) is 5.75 Å². The minimum absolute atomic E-state index is 0.0106. The highest BCUT2D eigenvalue weighted by Crippen LogP contribution is 2.69. The molecule has 1 N–H and O–H groups in total. The van der Waals surface area contributed by atoms with Gasteiger partial charge in [-0.15, -0.1) is 18.3 Å². The molecular formula is C28H36N2O6S. The predicted molar refractivity (Wildman–Crippen MR) is 143 cm³/mol. The third-order valence-corrected chi connectivity index (χ3v) is 10.1. The van der Waals surface area contributed by atoms with Crippen molar-refractivity contribution in [1.82, 2.24) is 4.90 Å². The van der Waals surface area contributed by atoms with Crippen molar-refractivity contribution in [2.75, 3.05) is 31.8 Å². The molecule has 9 heteroatoms. The van der Waals surface area contributed by atoms with Crippen LogP contribution in [0.1, 0.15) is 26.7 Å². The number of aliphatic hydroxyl groups is 1. The van der Waals surface area contributed by atoms with E-state index in [1.807, 2.05) is 6.92 Å². The molecule has 0 radical (unpaired) electrons. The van der Waals surface area contributed by atoms with E-state index in [0.29, 0.717) is 24.3 Å². The van der Waals surface area contributed by atoms with Crippen LogP contribution in [0.4, 0.5) is 5.69 Å². The Morgan fingerprint density at radius 1 is 1.30 bits per heavy atom. The van der Waals surface area contributed by atoms with Crippen molar-refractivity contribution in [1.29, 1.82) is 0 Å². The van der Waals surface area contributed by atoms with E-state index in [1.165, 1.54) is 6.08 Å². The first-order valence-electron chi connectivity index (χ1n) is 12.7. The largest absolute Gasteiger partial charge is 0.497 e.